The van der Waals surface area contributed by atoms with E-state index < -0.39 is 52.8 Å². The number of likely N-dealkylation sites (tertiary alicyclic amines) is 1. The molecule has 3 N–H and O–H groups in total. The van der Waals surface area contributed by atoms with E-state index in [0.29, 0.717) is 40.5 Å². The Kier molecular flexibility index (Phi) is 9.45. The van der Waals surface area contributed by atoms with Crippen molar-refractivity contribution in [1.29, 1.82) is 0 Å². The number of aromatic hydroxyl groups is 1. The van der Waals surface area contributed by atoms with Crippen LogP contribution in [0.2, 0.25) is 0 Å². The van der Waals surface area contributed by atoms with Crippen molar-refractivity contribution < 1.29 is 38.9 Å². The highest BCUT2D eigenvalue weighted by Gasteiger charge is 2.70. The Hall–Kier alpha value is -4.97. The van der Waals surface area contributed by atoms with Crippen LogP contribution in [0, 0.1) is 30.6 Å². The predicted molar refractivity (Wildman–Crippen MR) is 194 cm³/mol. The first kappa shape index (κ1) is 35.4. The minimum Gasteiger partial charge on any atom is -0.504 e. The van der Waals surface area contributed by atoms with Gasteiger partial charge in [-0.3, -0.25) is 34.3 Å². The number of nitrogens with zero attached hydrogens (tertiary/aromatic N) is 2. The van der Waals surface area contributed by atoms with Crippen LogP contribution in [0.25, 0.3) is 0 Å². The van der Waals surface area contributed by atoms with E-state index in [2.05, 4.69) is 21.4 Å². The molecule has 7 rings (SSSR count). The van der Waals surface area contributed by atoms with Crippen LogP contribution in [0.1, 0.15) is 61.1 Å². The molecule has 2 aliphatic heterocycles. The number of carbonyl (C=O) groups excluding carboxylic acids is 4. The molecular weight excluding hydrogens is 730 g/mol. The molecule has 6 atom stereocenters. The van der Waals surface area contributed by atoms with Gasteiger partial charge >= 0.3 is 5.97 Å². The monoisotopic (exact) mass is 769 g/mol. The number of fused-ring (bicyclic) bond motifs is 4. The summed E-state index contributed by atoms with van der Waals surface area (Å²) in [5.41, 5.74) is 4.77. The summed E-state index contributed by atoms with van der Waals surface area (Å²) >= 11 is 3.57. The average Bonchev–Trinajstić information content (AvgIpc) is 3.50. The highest BCUT2D eigenvalue weighted by atomic mass is 79.9. The van der Waals surface area contributed by atoms with E-state index in [-0.39, 0.29) is 49.1 Å². The first-order chi connectivity index (χ1) is 25.0. The SMILES string of the molecule is COc1cc(Br)cc([C@H]2C3=CC[C@@H]4C(=O)N(CCCCCC(=O)O)C(=O)[C@@H]4[C@@H]3C[C@H]3C(=O)N(Nc4ccc(C)cc4)C(=O)[C@@]23c2ccccc2)c1O. The molecule has 11 nitrogen and oxygen atoms in total. The van der Waals surface area contributed by atoms with E-state index in [4.69, 9.17) is 9.84 Å². The maximum atomic E-state index is 15.3. The largest absolute Gasteiger partial charge is 0.504 e. The van der Waals surface area contributed by atoms with Crippen LogP contribution in [0.5, 0.6) is 11.5 Å². The quantitative estimate of drug-likeness (QED) is 0.119. The second kappa shape index (κ2) is 13.9. The lowest BCUT2D eigenvalue weighted by atomic mass is 9.49. The van der Waals surface area contributed by atoms with Gasteiger partial charge in [0.25, 0.3) is 11.8 Å². The summed E-state index contributed by atoms with van der Waals surface area (Å²) in [6.07, 6.45) is 3.83. The number of halogens is 1. The number of hydrogen-bond donors (Lipinski definition) is 3. The second-order valence-corrected chi connectivity index (χ2v) is 15.1. The van der Waals surface area contributed by atoms with Gasteiger partial charge in [0.1, 0.15) is 0 Å². The zero-order valence-electron chi connectivity index (χ0n) is 28.9. The van der Waals surface area contributed by atoms with E-state index in [1.165, 1.54) is 12.0 Å². The summed E-state index contributed by atoms with van der Waals surface area (Å²) in [4.78, 5) is 70.5. The molecule has 4 amide bonds. The molecule has 3 aromatic rings. The Labute approximate surface area is 309 Å². The molecule has 4 aliphatic rings. The first-order valence-electron chi connectivity index (χ1n) is 17.6. The van der Waals surface area contributed by atoms with Gasteiger partial charge in [0.2, 0.25) is 11.8 Å². The number of methoxy groups -OCH3 is 1. The summed E-state index contributed by atoms with van der Waals surface area (Å²) in [6.45, 7) is 2.12. The molecule has 0 aromatic heterocycles. The molecule has 52 heavy (non-hydrogen) atoms. The van der Waals surface area contributed by atoms with Crippen LogP contribution < -0.4 is 10.2 Å². The highest BCUT2D eigenvalue weighted by molar-refractivity contribution is 9.10. The normalized spacial score (nSPS) is 26.5. The Balaban J connectivity index is 1.37. The number of carboxylic acid groups (broad SMARTS) is 1. The minimum absolute atomic E-state index is 0.0181. The van der Waals surface area contributed by atoms with Gasteiger partial charge in [-0.2, -0.15) is 5.01 Å². The summed E-state index contributed by atoms with van der Waals surface area (Å²) in [5, 5.41) is 21.9. The predicted octanol–water partition coefficient (Wildman–Crippen LogP) is 6.10. The molecule has 0 radical (unpaired) electrons. The van der Waals surface area contributed by atoms with Crippen molar-refractivity contribution in [2.24, 2.45) is 23.7 Å². The zero-order valence-corrected chi connectivity index (χ0v) is 30.5. The summed E-state index contributed by atoms with van der Waals surface area (Å²) in [6, 6.07) is 19.8. The van der Waals surface area contributed by atoms with Gasteiger partial charge in [-0.1, -0.05) is 82.0 Å². The molecule has 0 bridgehead atoms. The molecule has 12 heteroatoms. The van der Waals surface area contributed by atoms with Gasteiger partial charge in [-0.25, -0.2) is 0 Å². The number of amides is 4. The van der Waals surface area contributed by atoms with Crippen molar-refractivity contribution in [2.75, 3.05) is 19.1 Å². The van der Waals surface area contributed by atoms with Crippen molar-refractivity contribution in [1.82, 2.24) is 9.91 Å². The molecule has 270 valence electrons. The molecule has 2 saturated heterocycles. The van der Waals surface area contributed by atoms with Crippen molar-refractivity contribution in [2.45, 2.75) is 56.8 Å². The van der Waals surface area contributed by atoms with Crippen LogP contribution in [-0.2, 0) is 29.4 Å². The Morgan fingerprint density at radius 2 is 1.69 bits per heavy atom. The van der Waals surface area contributed by atoms with Gasteiger partial charge in [0.05, 0.1) is 36.0 Å². The molecule has 2 aliphatic carbocycles. The Bertz CT molecular complexity index is 1980. The Morgan fingerprint density at radius 3 is 2.38 bits per heavy atom. The minimum atomic E-state index is -1.54. The van der Waals surface area contributed by atoms with Crippen molar-refractivity contribution >= 4 is 51.2 Å². The molecule has 1 saturated carbocycles. The molecule has 0 spiro atoms. The van der Waals surface area contributed by atoms with E-state index in [9.17, 15) is 24.3 Å². The number of unbranched alkanes of at least 4 members (excludes halogenated alkanes) is 2. The topological polar surface area (TPSA) is 154 Å². The van der Waals surface area contributed by atoms with E-state index in [1.807, 2.05) is 55.5 Å². The lowest BCUT2D eigenvalue weighted by molar-refractivity contribution is -0.141. The third kappa shape index (κ3) is 5.67. The number of imide groups is 2. The molecular formula is C40H40BrN3O8. The number of benzene rings is 3. The fraction of sp³-hybridized carbons (Fsp3) is 0.375. The fourth-order valence-corrected chi connectivity index (χ4v) is 9.52. The van der Waals surface area contributed by atoms with Crippen LogP contribution >= 0.6 is 15.9 Å². The number of hydrogen-bond acceptors (Lipinski definition) is 8. The maximum absolute atomic E-state index is 15.3. The number of nitrogens with one attached hydrogen (secondary N) is 1. The summed E-state index contributed by atoms with van der Waals surface area (Å²) in [7, 11) is 1.44. The third-order valence-corrected chi connectivity index (χ3v) is 11.8. The van der Waals surface area contributed by atoms with Crippen molar-refractivity contribution in [3.05, 3.63) is 99.5 Å². The number of aliphatic carboxylic acids is 1. The van der Waals surface area contributed by atoms with E-state index >= 15 is 4.79 Å². The number of ether oxygens (including phenoxy) is 1. The van der Waals surface area contributed by atoms with Gasteiger partial charge in [-0.15, -0.1) is 0 Å². The number of carbonyl (C=O) groups is 5. The van der Waals surface area contributed by atoms with Gasteiger partial charge in [0, 0.05) is 28.9 Å². The maximum Gasteiger partial charge on any atom is 0.303 e. The summed E-state index contributed by atoms with van der Waals surface area (Å²) < 4.78 is 6.16. The molecule has 3 aromatic carbocycles. The van der Waals surface area contributed by atoms with Gasteiger partial charge in [0.15, 0.2) is 11.5 Å². The third-order valence-electron chi connectivity index (χ3n) is 11.4. The number of aryl methyl sites for hydroxylation is 1. The van der Waals surface area contributed by atoms with Crippen LogP contribution in [0.4, 0.5) is 5.69 Å². The van der Waals surface area contributed by atoms with Crippen LogP contribution in [-0.4, -0.2) is 63.4 Å². The zero-order chi connectivity index (χ0) is 36.9. The van der Waals surface area contributed by atoms with Crippen molar-refractivity contribution in [3.8, 4) is 11.5 Å². The average molecular weight is 771 g/mol. The van der Waals surface area contributed by atoms with Crippen LogP contribution in [0.3, 0.4) is 0 Å². The molecule has 3 fully saturated rings. The lowest BCUT2D eigenvalue weighted by Crippen LogP contribution is -2.53. The number of hydrazine groups is 1. The fourth-order valence-electron chi connectivity index (χ4n) is 9.07. The van der Waals surface area contributed by atoms with Crippen LogP contribution in [0.15, 0.2) is 82.9 Å². The lowest BCUT2D eigenvalue weighted by Gasteiger charge is -2.50. The second-order valence-electron chi connectivity index (χ2n) is 14.2. The van der Waals surface area contributed by atoms with Gasteiger partial charge in [-0.05, 0) is 68.4 Å². The summed E-state index contributed by atoms with van der Waals surface area (Å²) in [5.74, 6) is -6.32. The smallest absolute Gasteiger partial charge is 0.303 e. The van der Waals surface area contributed by atoms with Crippen molar-refractivity contribution in [3.63, 3.8) is 0 Å². The van der Waals surface area contributed by atoms with E-state index in [0.717, 1.165) is 16.1 Å². The van der Waals surface area contributed by atoms with Gasteiger partial charge < -0.3 is 14.9 Å². The first-order valence-corrected chi connectivity index (χ1v) is 18.4. The standard InChI is InChI=1S/C40H40BrN3O8/c1-22-12-14-25(15-13-22)42-44-37(49)30-21-28-26(16-17-27-33(28)38(50)43(36(27)48)18-8-4-7-11-32(45)46)34(29-19-24(41)20-31(52-2)35(29)47)40(30,39(44)51)23-9-5-3-6-10-23/h3,5-6,9-10,12-16,19-20,27-28,30,33-34,42,47H,4,7-8,11,17-18,21H2,1-2H3,(H,45,46)/t27-,28+,30-,33-,34+,40+/m0/s1. The Morgan fingerprint density at radius 1 is 0.962 bits per heavy atom. The number of anilines is 1. The molecule has 0 unspecified atom stereocenters. The highest BCUT2D eigenvalue weighted by Crippen LogP contribution is 2.65. The number of allylic oxidation sites excluding steroid dienone is 2. The number of phenols is 1. The van der Waals surface area contributed by atoms with E-state index in [1.54, 1.807) is 24.3 Å². The number of carboxylic acids is 1. The molecule has 2 heterocycles. The number of rotatable bonds is 11. The number of phenolic OH excluding ortho intramolecular Hbond substituents is 1.